The molecule has 1 atom stereocenters. The summed E-state index contributed by atoms with van der Waals surface area (Å²) < 4.78 is 10.8. The summed E-state index contributed by atoms with van der Waals surface area (Å²) in [5.74, 6) is 1.86. The predicted molar refractivity (Wildman–Crippen MR) is 99.7 cm³/mol. The maximum Gasteiger partial charge on any atom is 0.287 e. The molecule has 1 heterocycles. The first-order valence-electron chi connectivity index (χ1n) is 8.79. The van der Waals surface area contributed by atoms with E-state index in [1.165, 1.54) is 0 Å². The van der Waals surface area contributed by atoms with Crippen LogP contribution in [-0.2, 0) is 0 Å². The van der Waals surface area contributed by atoms with Gasteiger partial charge in [-0.3, -0.25) is 4.79 Å². The van der Waals surface area contributed by atoms with Crippen LogP contribution >= 0.6 is 0 Å². The third-order valence-electron chi connectivity index (χ3n) is 3.79. The minimum Gasteiger partial charge on any atom is -0.497 e. The van der Waals surface area contributed by atoms with E-state index in [9.17, 15) is 4.79 Å². The highest BCUT2D eigenvalue weighted by molar-refractivity contribution is 5.96. The van der Waals surface area contributed by atoms with Crippen molar-refractivity contribution in [3.05, 3.63) is 30.0 Å². The maximum atomic E-state index is 12.4. The minimum absolute atomic E-state index is 0.148. The van der Waals surface area contributed by atoms with Gasteiger partial charge >= 0.3 is 0 Å². The Hall–Kier alpha value is -1.97. The summed E-state index contributed by atoms with van der Waals surface area (Å²) in [6.07, 6.45) is 0.956. The van der Waals surface area contributed by atoms with E-state index in [-0.39, 0.29) is 11.9 Å². The molecule has 2 aromatic rings. The molecule has 1 aromatic carbocycles. The molecule has 0 saturated heterocycles. The van der Waals surface area contributed by atoms with Crippen molar-refractivity contribution < 1.29 is 13.9 Å². The second kappa shape index (κ2) is 9.36. The number of amides is 1. The number of hydrogen-bond donors (Lipinski definition) is 1. The standard InChI is InChI=1S/C18H25NO3.C2H6/c1-11(2)8-15(12(3)4)19-18(20)17-10-13-9-14(21-5)6-7-16(13)22-17;1-2/h6-7,9-12,15H,8H2,1-5H3,(H,19,20);1-2H3. The molecule has 0 saturated carbocycles. The summed E-state index contributed by atoms with van der Waals surface area (Å²) in [4.78, 5) is 12.4. The molecule has 4 nitrogen and oxygen atoms in total. The van der Waals surface area contributed by atoms with Crippen LogP contribution in [0.5, 0.6) is 5.75 Å². The number of rotatable bonds is 6. The van der Waals surface area contributed by atoms with E-state index in [1.807, 2.05) is 32.0 Å². The summed E-state index contributed by atoms with van der Waals surface area (Å²) >= 11 is 0. The van der Waals surface area contributed by atoms with E-state index in [2.05, 4.69) is 33.0 Å². The summed E-state index contributed by atoms with van der Waals surface area (Å²) in [5.41, 5.74) is 0.691. The Morgan fingerprint density at radius 1 is 1.17 bits per heavy atom. The van der Waals surface area contributed by atoms with Crippen LogP contribution < -0.4 is 10.1 Å². The minimum atomic E-state index is -0.158. The highest BCUT2D eigenvalue weighted by Crippen LogP contribution is 2.24. The van der Waals surface area contributed by atoms with E-state index in [0.717, 1.165) is 17.6 Å². The zero-order chi connectivity index (χ0) is 18.3. The summed E-state index contributed by atoms with van der Waals surface area (Å²) in [7, 11) is 1.62. The first-order valence-corrected chi connectivity index (χ1v) is 8.79. The number of hydrogen-bond acceptors (Lipinski definition) is 3. The lowest BCUT2D eigenvalue weighted by atomic mass is 9.94. The van der Waals surface area contributed by atoms with Crippen molar-refractivity contribution in [3.8, 4) is 5.75 Å². The van der Waals surface area contributed by atoms with Crippen molar-refractivity contribution in [2.75, 3.05) is 7.11 Å². The van der Waals surface area contributed by atoms with Gasteiger partial charge in [-0.25, -0.2) is 0 Å². The molecule has 2 rings (SSSR count). The topological polar surface area (TPSA) is 51.5 Å². The molecule has 1 unspecified atom stereocenters. The molecule has 134 valence electrons. The Labute approximate surface area is 145 Å². The second-order valence-electron chi connectivity index (χ2n) is 6.47. The molecule has 24 heavy (non-hydrogen) atoms. The molecule has 0 aliphatic rings. The third kappa shape index (κ3) is 5.29. The number of carbonyl (C=O) groups is 1. The summed E-state index contributed by atoms with van der Waals surface area (Å²) in [6, 6.07) is 7.42. The number of ether oxygens (including phenoxy) is 1. The molecule has 0 aliphatic carbocycles. The Bertz CT molecular complexity index is 643. The van der Waals surface area contributed by atoms with Crippen molar-refractivity contribution >= 4 is 16.9 Å². The molecule has 0 spiro atoms. The summed E-state index contributed by atoms with van der Waals surface area (Å²) in [5, 5.41) is 3.96. The smallest absolute Gasteiger partial charge is 0.287 e. The molecule has 0 bridgehead atoms. The van der Waals surface area contributed by atoms with Crippen LogP contribution in [0.3, 0.4) is 0 Å². The van der Waals surface area contributed by atoms with E-state index >= 15 is 0 Å². The van der Waals surface area contributed by atoms with E-state index in [4.69, 9.17) is 9.15 Å². The van der Waals surface area contributed by atoms with Gasteiger partial charge in [0.1, 0.15) is 11.3 Å². The molecule has 1 amide bonds. The van der Waals surface area contributed by atoms with Crippen LogP contribution in [0.15, 0.2) is 28.7 Å². The van der Waals surface area contributed by atoms with Crippen LogP contribution in [0.2, 0.25) is 0 Å². The molecule has 4 heteroatoms. The molecule has 1 N–H and O–H groups in total. The fraction of sp³-hybridized carbons (Fsp3) is 0.550. The Morgan fingerprint density at radius 3 is 2.38 bits per heavy atom. The molecular formula is C20H31NO3. The summed E-state index contributed by atoms with van der Waals surface area (Å²) in [6.45, 7) is 12.6. The van der Waals surface area contributed by atoms with Gasteiger partial charge < -0.3 is 14.5 Å². The van der Waals surface area contributed by atoms with Gasteiger partial charge in [-0.1, -0.05) is 41.5 Å². The average Bonchev–Trinajstić information content (AvgIpc) is 2.98. The zero-order valence-corrected chi connectivity index (χ0v) is 16.0. The lowest BCUT2D eigenvalue weighted by Crippen LogP contribution is -2.39. The van der Waals surface area contributed by atoms with Crippen LogP contribution in [0.1, 0.15) is 58.5 Å². The number of fused-ring (bicyclic) bond motifs is 1. The van der Waals surface area contributed by atoms with E-state index in [1.54, 1.807) is 13.2 Å². The van der Waals surface area contributed by atoms with E-state index < -0.39 is 0 Å². The van der Waals surface area contributed by atoms with Gasteiger partial charge in [0.25, 0.3) is 5.91 Å². The van der Waals surface area contributed by atoms with Crippen molar-refractivity contribution in [2.24, 2.45) is 11.8 Å². The highest BCUT2D eigenvalue weighted by atomic mass is 16.5. The lowest BCUT2D eigenvalue weighted by molar-refractivity contribution is 0.0893. The first kappa shape index (κ1) is 20.1. The van der Waals surface area contributed by atoms with Gasteiger partial charge in [0.15, 0.2) is 5.76 Å². The second-order valence-corrected chi connectivity index (χ2v) is 6.47. The van der Waals surface area contributed by atoms with Gasteiger partial charge in [-0.15, -0.1) is 0 Å². The fourth-order valence-corrected chi connectivity index (χ4v) is 2.51. The van der Waals surface area contributed by atoms with Crippen LogP contribution in [0.25, 0.3) is 11.0 Å². The molecule has 0 aliphatic heterocycles. The highest BCUT2D eigenvalue weighted by Gasteiger charge is 2.20. The van der Waals surface area contributed by atoms with Crippen molar-refractivity contribution in [1.29, 1.82) is 0 Å². The van der Waals surface area contributed by atoms with Crippen molar-refractivity contribution in [3.63, 3.8) is 0 Å². The zero-order valence-electron chi connectivity index (χ0n) is 16.0. The quantitative estimate of drug-likeness (QED) is 0.783. The van der Waals surface area contributed by atoms with Crippen LogP contribution in [-0.4, -0.2) is 19.1 Å². The largest absolute Gasteiger partial charge is 0.497 e. The van der Waals surface area contributed by atoms with E-state index in [0.29, 0.717) is 23.2 Å². The Balaban J connectivity index is 0.00000139. The number of furan rings is 1. The third-order valence-corrected chi connectivity index (χ3v) is 3.79. The monoisotopic (exact) mass is 333 g/mol. The maximum absolute atomic E-state index is 12.4. The van der Waals surface area contributed by atoms with Gasteiger partial charge in [0.05, 0.1) is 7.11 Å². The molecule has 0 fully saturated rings. The van der Waals surface area contributed by atoms with Crippen molar-refractivity contribution in [2.45, 2.75) is 54.0 Å². The van der Waals surface area contributed by atoms with Crippen LogP contribution in [0, 0.1) is 11.8 Å². The lowest BCUT2D eigenvalue weighted by Gasteiger charge is -2.23. The van der Waals surface area contributed by atoms with Gasteiger partial charge in [-0.05, 0) is 42.5 Å². The Kier molecular flexibility index (Phi) is 7.83. The van der Waals surface area contributed by atoms with Crippen LogP contribution in [0.4, 0.5) is 0 Å². The SMILES string of the molecule is CC.COc1ccc2oc(C(=O)NC(CC(C)C)C(C)C)cc2c1. The normalized spacial score (nSPS) is 12.0. The number of nitrogens with one attached hydrogen (secondary N) is 1. The number of benzene rings is 1. The fourth-order valence-electron chi connectivity index (χ4n) is 2.51. The van der Waals surface area contributed by atoms with Gasteiger partial charge in [0.2, 0.25) is 0 Å². The van der Waals surface area contributed by atoms with Crippen molar-refractivity contribution in [1.82, 2.24) is 5.32 Å². The molecule has 0 radical (unpaired) electrons. The average molecular weight is 333 g/mol. The molecule has 1 aromatic heterocycles. The van der Waals surface area contributed by atoms with Gasteiger partial charge in [-0.2, -0.15) is 0 Å². The number of methoxy groups -OCH3 is 1. The number of carbonyl (C=O) groups excluding carboxylic acids is 1. The Morgan fingerprint density at radius 2 is 1.83 bits per heavy atom. The predicted octanol–water partition coefficient (Wildman–Crippen LogP) is 5.27. The first-order chi connectivity index (χ1) is 11.4. The van der Waals surface area contributed by atoms with Gasteiger partial charge in [0, 0.05) is 11.4 Å². The molecular weight excluding hydrogens is 302 g/mol.